The topological polar surface area (TPSA) is 72.6 Å². The first-order chi connectivity index (χ1) is 9.13. The van der Waals surface area contributed by atoms with Gasteiger partial charge in [-0.3, -0.25) is 9.59 Å². The molecule has 1 fully saturated rings. The maximum Gasteiger partial charge on any atom is 0.309 e. The van der Waals surface area contributed by atoms with Crippen LogP contribution in [0.25, 0.3) is 0 Å². The van der Waals surface area contributed by atoms with Gasteiger partial charge in [-0.25, -0.2) is 0 Å². The molecule has 1 aromatic rings. The first-order valence-corrected chi connectivity index (χ1v) is 6.50. The van der Waals surface area contributed by atoms with Gasteiger partial charge in [0.1, 0.15) is 11.3 Å². The van der Waals surface area contributed by atoms with Crippen molar-refractivity contribution < 1.29 is 18.8 Å². The molecule has 0 radical (unpaired) electrons. The van der Waals surface area contributed by atoms with Crippen LogP contribution in [0, 0.1) is 12.8 Å². The molecule has 0 bridgehead atoms. The van der Waals surface area contributed by atoms with Gasteiger partial charge in [0, 0.05) is 13.1 Å². The highest BCUT2D eigenvalue weighted by atomic mass is 16.5. The third kappa shape index (κ3) is 2.94. The van der Waals surface area contributed by atoms with Crippen molar-refractivity contribution in [1.82, 2.24) is 10.1 Å². The van der Waals surface area contributed by atoms with Gasteiger partial charge in [-0.2, -0.15) is 0 Å². The number of hydrogen-bond acceptors (Lipinski definition) is 5. The molecule has 2 heterocycles. The fourth-order valence-electron chi connectivity index (χ4n) is 2.25. The minimum Gasteiger partial charge on any atom is -0.466 e. The maximum atomic E-state index is 12.2. The number of amides is 1. The Labute approximate surface area is 111 Å². The molecule has 0 aromatic carbocycles. The Balaban J connectivity index is 1.92. The summed E-state index contributed by atoms with van der Waals surface area (Å²) in [5.41, 5.74) is 0.495. The summed E-state index contributed by atoms with van der Waals surface area (Å²) < 4.78 is 9.90. The summed E-state index contributed by atoms with van der Waals surface area (Å²) >= 11 is 0. The van der Waals surface area contributed by atoms with Gasteiger partial charge in [-0.1, -0.05) is 5.16 Å². The number of likely N-dealkylation sites (tertiary alicyclic amines) is 1. The number of nitrogens with zero attached hydrogens (tertiary/aromatic N) is 2. The second kappa shape index (κ2) is 5.86. The Kier molecular flexibility index (Phi) is 4.19. The van der Waals surface area contributed by atoms with E-state index in [1.54, 1.807) is 18.7 Å². The van der Waals surface area contributed by atoms with Gasteiger partial charge in [-0.05, 0) is 26.7 Å². The monoisotopic (exact) mass is 266 g/mol. The van der Waals surface area contributed by atoms with E-state index in [9.17, 15) is 9.59 Å². The van der Waals surface area contributed by atoms with Gasteiger partial charge in [0.25, 0.3) is 5.91 Å². The summed E-state index contributed by atoms with van der Waals surface area (Å²) in [4.78, 5) is 25.5. The van der Waals surface area contributed by atoms with Crippen LogP contribution in [0.5, 0.6) is 0 Å². The van der Waals surface area contributed by atoms with Gasteiger partial charge >= 0.3 is 5.97 Å². The van der Waals surface area contributed by atoms with Crippen LogP contribution in [0.3, 0.4) is 0 Å². The van der Waals surface area contributed by atoms with E-state index in [1.807, 2.05) is 0 Å². The average molecular weight is 266 g/mol. The van der Waals surface area contributed by atoms with E-state index in [2.05, 4.69) is 5.16 Å². The summed E-state index contributed by atoms with van der Waals surface area (Å²) in [6.45, 7) is 5.04. The number of aromatic nitrogens is 1. The molecule has 0 atom stereocenters. The van der Waals surface area contributed by atoms with E-state index < -0.39 is 0 Å². The Morgan fingerprint density at radius 2 is 2.16 bits per heavy atom. The van der Waals surface area contributed by atoms with E-state index in [-0.39, 0.29) is 17.8 Å². The predicted octanol–water partition coefficient (Wildman–Crippen LogP) is 1.40. The van der Waals surface area contributed by atoms with Crippen LogP contribution < -0.4 is 0 Å². The molecule has 1 aliphatic heterocycles. The molecule has 0 saturated carbocycles. The number of rotatable bonds is 3. The number of carbonyl (C=O) groups is 2. The fourth-order valence-corrected chi connectivity index (χ4v) is 2.25. The van der Waals surface area contributed by atoms with Crippen LogP contribution >= 0.6 is 0 Å². The molecule has 1 aliphatic rings. The third-order valence-electron chi connectivity index (χ3n) is 3.38. The standard InChI is InChI=1S/C13H18N2O4/c1-3-18-13(17)10-4-6-15(7-5-10)12(16)11-8-14-19-9(11)2/h8,10H,3-7H2,1-2H3. The molecule has 1 amide bonds. The fraction of sp³-hybridized carbons (Fsp3) is 0.615. The molecule has 6 heteroatoms. The summed E-state index contributed by atoms with van der Waals surface area (Å²) in [6, 6.07) is 0. The number of carbonyl (C=O) groups excluding carboxylic acids is 2. The molecule has 19 heavy (non-hydrogen) atoms. The Hall–Kier alpha value is -1.85. The van der Waals surface area contributed by atoms with Crippen LogP contribution in [0.1, 0.15) is 35.9 Å². The lowest BCUT2D eigenvalue weighted by Crippen LogP contribution is -2.40. The highest BCUT2D eigenvalue weighted by Gasteiger charge is 2.29. The molecule has 0 spiro atoms. The van der Waals surface area contributed by atoms with Crippen LogP contribution in [0.15, 0.2) is 10.7 Å². The SMILES string of the molecule is CCOC(=O)C1CCN(C(=O)c2cnoc2C)CC1. The van der Waals surface area contributed by atoms with Gasteiger partial charge in [0.15, 0.2) is 0 Å². The normalized spacial score (nSPS) is 16.4. The molecule has 1 aromatic heterocycles. The highest BCUT2D eigenvalue weighted by Crippen LogP contribution is 2.21. The lowest BCUT2D eigenvalue weighted by molar-refractivity contribution is -0.149. The van der Waals surface area contributed by atoms with Crippen LogP contribution in [0.2, 0.25) is 0 Å². The smallest absolute Gasteiger partial charge is 0.309 e. The zero-order valence-electron chi connectivity index (χ0n) is 11.2. The van der Waals surface area contributed by atoms with Crippen molar-refractivity contribution in [3.8, 4) is 0 Å². The van der Waals surface area contributed by atoms with Crippen LogP contribution in [-0.2, 0) is 9.53 Å². The molecule has 6 nitrogen and oxygen atoms in total. The van der Waals surface area contributed by atoms with Crippen LogP contribution in [-0.4, -0.2) is 41.6 Å². The van der Waals surface area contributed by atoms with Crippen molar-refractivity contribution >= 4 is 11.9 Å². The summed E-state index contributed by atoms with van der Waals surface area (Å²) in [6.07, 6.45) is 2.74. The van der Waals surface area contributed by atoms with E-state index in [0.717, 1.165) is 0 Å². The quantitative estimate of drug-likeness (QED) is 0.773. The summed E-state index contributed by atoms with van der Waals surface area (Å²) in [5.74, 6) is 0.196. The molecule has 1 saturated heterocycles. The molecule has 0 unspecified atom stereocenters. The average Bonchev–Trinajstić information content (AvgIpc) is 2.84. The van der Waals surface area contributed by atoms with E-state index >= 15 is 0 Å². The van der Waals surface area contributed by atoms with E-state index in [1.165, 1.54) is 6.20 Å². The Bertz CT molecular complexity index is 461. The largest absolute Gasteiger partial charge is 0.466 e. The van der Waals surface area contributed by atoms with Gasteiger partial charge in [0.2, 0.25) is 0 Å². The van der Waals surface area contributed by atoms with Crippen LogP contribution in [0.4, 0.5) is 0 Å². The van der Waals surface area contributed by atoms with Crippen molar-refractivity contribution in [2.45, 2.75) is 26.7 Å². The van der Waals surface area contributed by atoms with Gasteiger partial charge < -0.3 is 14.2 Å². The Morgan fingerprint density at radius 1 is 1.47 bits per heavy atom. The second-order valence-electron chi connectivity index (χ2n) is 4.61. The van der Waals surface area contributed by atoms with Gasteiger partial charge in [0.05, 0.1) is 18.7 Å². The first kappa shape index (κ1) is 13.6. The molecular weight excluding hydrogens is 248 g/mol. The van der Waals surface area contributed by atoms with Crippen molar-refractivity contribution in [1.29, 1.82) is 0 Å². The van der Waals surface area contributed by atoms with Crippen molar-refractivity contribution in [2.75, 3.05) is 19.7 Å². The minimum absolute atomic E-state index is 0.0824. The van der Waals surface area contributed by atoms with E-state index in [0.29, 0.717) is 43.9 Å². The second-order valence-corrected chi connectivity index (χ2v) is 4.61. The molecule has 0 N–H and O–H groups in total. The number of ether oxygens (including phenoxy) is 1. The zero-order chi connectivity index (χ0) is 13.8. The molecule has 104 valence electrons. The zero-order valence-corrected chi connectivity index (χ0v) is 11.2. The van der Waals surface area contributed by atoms with Crippen molar-refractivity contribution in [3.63, 3.8) is 0 Å². The molecule has 2 rings (SSSR count). The number of esters is 1. The lowest BCUT2D eigenvalue weighted by Gasteiger charge is -2.30. The number of piperidine rings is 1. The highest BCUT2D eigenvalue weighted by molar-refractivity contribution is 5.94. The molecule has 0 aliphatic carbocycles. The van der Waals surface area contributed by atoms with E-state index in [4.69, 9.17) is 9.26 Å². The van der Waals surface area contributed by atoms with Crippen molar-refractivity contribution in [2.24, 2.45) is 5.92 Å². The lowest BCUT2D eigenvalue weighted by atomic mass is 9.96. The number of aryl methyl sites for hydroxylation is 1. The minimum atomic E-state index is -0.157. The Morgan fingerprint density at radius 3 is 2.68 bits per heavy atom. The molecular formula is C13H18N2O4. The predicted molar refractivity (Wildman–Crippen MR) is 66.5 cm³/mol. The first-order valence-electron chi connectivity index (χ1n) is 6.50. The summed E-state index contributed by atoms with van der Waals surface area (Å²) in [7, 11) is 0. The van der Waals surface area contributed by atoms with Crippen molar-refractivity contribution in [3.05, 3.63) is 17.5 Å². The maximum absolute atomic E-state index is 12.2. The third-order valence-corrected chi connectivity index (χ3v) is 3.38. The van der Waals surface area contributed by atoms with Gasteiger partial charge in [-0.15, -0.1) is 0 Å². The number of hydrogen-bond donors (Lipinski definition) is 0. The summed E-state index contributed by atoms with van der Waals surface area (Å²) in [5, 5.41) is 3.61.